The number of aryl methyl sites for hydroxylation is 2. The summed E-state index contributed by atoms with van der Waals surface area (Å²) in [5.74, 6) is 0. The van der Waals surface area contributed by atoms with Crippen molar-refractivity contribution in [3.8, 4) is 5.69 Å². The van der Waals surface area contributed by atoms with Gasteiger partial charge in [0.2, 0.25) is 0 Å². The zero-order valence-corrected chi connectivity index (χ0v) is 20.5. The molecule has 1 heterocycles. The number of hydrogen-bond donors (Lipinski definition) is 0. The second-order valence-corrected chi connectivity index (χ2v) is 10.3. The first-order valence-corrected chi connectivity index (χ1v) is 12.9. The van der Waals surface area contributed by atoms with E-state index in [-0.39, 0.29) is 5.41 Å². The van der Waals surface area contributed by atoms with Gasteiger partial charge in [0.05, 0.1) is 11.4 Å². The van der Waals surface area contributed by atoms with Crippen LogP contribution in [0.1, 0.15) is 41.6 Å². The topological polar surface area (TPSA) is 17.3 Å². The smallest absolute Gasteiger partial charge is 0.194 e. The highest BCUT2D eigenvalue weighted by Gasteiger charge is 2.43. The van der Waals surface area contributed by atoms with Crippen molar-refractivity contribution in [1.82, 2.24) is 4.57 Å². The third-order valence-corrected chi connectivity index (χ3v) is 8.22. The Hall–Kier alpha value is -3.43. The van der Waals surface area contributed by atoms with Gasteiger partial charge in [-0.1, -0.05) is 85.3 Å². The van der Waals surface area contributed by atoms with E-state index in [9.17, 15) is 0 Å². The Kier molecular flexibility index (Phi) is 5.23. The molecular formula is C31H28N2S. The number of hydrogen-bond acceptors (Lipinski definition) is 2. The van der Waals surface area contributed by atoms with Gasteiger partial charge in [-0.2, -0.15) is 0 Å². The molecule has 5 aromatic rings. The molecule has 0 saturated heterocycles. The molecule has 0 atom stereocenters. The maximum atomic E-state index is 5.18. The van der Waals surface area contributed by atoms with Gasteiger partial charge in [0.15, 0.2) is 4.80 Å². The van der Waals surface area contributed by atoms with Crippen LogP contribution in [0.15, 0.2) is 101 Å². The zero-order chi connectivity index (χ0) is 23.1. The van der Waals surface area contributed by atoms with Crippen molar-refractivity contribution in [2.24, 2.45) is 4.99 Å². The lowest BCUT2D eigenvalue weighted by Gasteiger charge is -2.43. The summed E-state index contributed by atoms with van der Waals surface area (Å²) in [7, 11) is 0. The van der Waals surface area contributed by atoms with Crippen molar-refractivity contribution in [2.75, 3.05) is 0 Å². The molecule has 0 unspecified atom stereocenters. The molecule has 3 heteroatoms. The Bertz CT molecular complexity index is 1570. The number of fused-ring (bicyclic) bond motifs is 1. The molecule has 168 valence electrons. The predicted octanol–water partition coefficient (Wildman–Crippen LogP) is 8.01. The molecule has 4 aromatic carbocycles. The maximum Gasteiger partial charge on any atom is 0.194 e. The fraction of sp³-hybridized carbons (Fsp3) is 0.194. The van der Waals surface area contributed by atoms with E-state index in [0.717, 1.165) is 23.3 Å². The van der Waals surface area contributed by atoms with Crippen molar-refractivity contribution in [3.05, 3.63) is 124 Å². The minimum absolute atomic E-state index is 0.0162. The van der Waals surface area contributed by atoms with E-state index in [1.54, 1.807) is 11.3 Å². The summed E-state index contributed by atoms with van der Waals surface area (Å²) in [6, 6.07) is 32.8. The highest BCUT2D eigenvalue weighted by molar-refractivity contribution is 7.07. The SMILES string of the molecule is Cc1ccccc1/N=c1/scc(C2(c3ccc4ccccc4c3)CCC2)n1-c1ccccc1C. The predicted molar refractivity (Wildman–Crippen MR) is 143 cm³/mol. The molecule has 1 aromatic heterocycles. The molecule has 0 aliphatic heterocycles. The standard InChI is InChI=1S/C31H28N2S/c1-22-10-3-7-14-27(22)32-30-33(28-15-8-4-11-23(28)2)29(21-34-30)31(18-9-19-31)26-17-16-24-12-5-6-13-25(24)20-26/h3-8,10-17,20-21H,9,18-19H2,1-2H3/b32-30+. The third kappa shape index (κ3) is 3.43. The molecule has 0 bridgehead atoms. The van der Waals surface area contributed by atoms with Crippen LogP contribution in [-0.2, 0) is 5.41 Å². The Labute approximate surface area is 204 Å². The normalized spacial score (nSPS) is 15.4. The molecule has 2 nitrogen and oxygen atoms in total. The van der Waals surface area contributed by atoms with Crippen LogP contribution < -0.4 is 4.80 Å². The van der Waals surface area contributed by atoms with E-state index >= 15 is 0 Å². The number of nitrogens with zero attached hydrogens (tertiary/aromatic N) is 2. The van der Waals surface area contributed by atoms with Gasteiger partial charge in [-0.05, 0) is 66.3 Å². The minimum Gasteiger partial charge on any atom is -0.288 e. The van der Waals surface area contributed by atoms with Crippen LogP contribution in [0.3, 0.4) is 0 Å². The molecule has 1 aliphatic rings. The highest BCUT2D eigenvalue weighted by Crippen LogP contribution is 2.50. The Morgan fingerprint density at radius 2 is 1.47 bits per heavy atom. The Balaban J connectivity index is 1.61. The van der Waals surface area contributed by atoms with Crippen molar-refractivity contribution in [2.45, 2.75) is 38.5 Å². The van der Waals surface area contributed by atoms with Gasteiger partial charge in [-0.15, -0.1) is 11.3 Å². The Morgan fingerprint density at radius 1 is 0.765 bits per heavy atom. The third-order valence-electron chi connectivity index (χ3n) is 7.40. The van der Waals surface area contributed by atoms with Crippen molar-refractivity contribution in [3.63, 3.8) is 0 Å². The Morgan fingerprint density at radius 3 is 2.21 bits per heavy atom. The van der Waals surface area contributed by atoms with E-state index in [1.807, 2.05) is 0 Å². The average Bonchev–Trinajstić information content (AvgIpc) is 3.23. The second-order valence-electron chi connectivity index (χ2n) is 9.42. The van der Waals surface area contributed by atoms with Crippen molar-refractivity contribution < 1.29 is 0 Å². The molecule has 1 fully saturated rings. The van der Waals surface area contributed by atoms with Crippen LogP contribution in [0.4, 0.5) is 5.69 Å². The highest BCUT2D eigenvalue weighted by atomic mass is 32.1. The zero-order valence-electron chi connectivity index (χ0n) is 19.7. The molecule has 34 heavy (non-hydrogen) atoms. The monoisotopic (exact) mass is 460 g/mol. The largest absolute Gasteiger partial charge is 0.288 e. The van der Waals surface area contributed by atoms with Gasteiger partial charge >= 0.3 is 0 Å². The van der Waals surface area contributed by atoms with Crippen LogP contribution in [0.2, 0.25) is 0 Å². The summed E-state index contributed by atoms with van der Waals surface area (Å²) in [4.78, 5) is 6.21. The van der Waals surface area contributed by atoms with Crippen LogP contribution in [0.25, 0.3) is 16.5 Å². The number of para-hydroxylation sites is 2. The van der Waals surface area contributed by atoms with Crippen molar-refractivity contribution in [1.29, 1.82) is 0 Å². The van der Waals surface area contributed by atoms with Gasteiger partial charge in [-0.25, -0.2) is 4.99 Å². The van der Waals surface area contributed by atoms with Gasteiger partial charge in [0.25, 0.3) is 0 Å². The first-order chi connectivity index (χ1) is 16.7. The summed E-state index contributed by atoms with van der Waals surface area (Å²) in [6.07, 6.45) is 3.58. The quantitative estimate of drug-likeness (QED) is 0.258. The number of aromatic nitrogens is 1. The molecule has 0 N–H and O–H groups in total. The van der Waals surface area contributed by atoms with Crippen LogP contribution >= 0.6 is 11.3 Å². The van der Waals surface area contributed by atoms with Gasteiger partial charge in [-0.3, -0.25) is 4.57 Å². The van der Waals surface area contributed by atoms with Crippen LogP contribution in [0.5, 0.6) is 0 Å². The fourth-order valence-electron chi connectivity index (χ4n) is 5.27. The summed E-state index contributed by atoms with van der Waals surface area (Å²) in [5.41, 5.74) is 7.51. The lowest BCUT2D eigenvalue weighted by atomic mass is 9.62. The summed E-state index contributed by atoms with van der Waals surface area (Å²) in [5, 5.41) is 4.97. The van der Waals surface area contributed by atoms with Crippen LogP contribution in [-0.4, -0.2) is 4.57 Å². The summed E-state index contributed by atoms with van der Waals surface area (Å²) < 4.78 is 2.43. The molecule has 0 spiro atoms. The molecule has 0 amide bonds. The van der Waals surface area contributed by atoms with Gasteiger partial charge in [0, 0.05) is 16.5 Å². The molecule has 0 radical (unpaired) electrons. The maximum absolute atomic E-state index is 5.18. The van der Waals surface area contributed by atoms with Gasteiger partial charge in [0.1, 0.15) is 0 Å². The number of thiazole rings is 1. The van der Waals surface area contributed by atoms with Gasteiger partial charge < -0.3 is 0 Å². The average molecular weight is 461 g/mol. The lowest BCUT2D eigenvalue weighted by molar-refractivity contribution is 0.290. The minimum atomic E-state index is 0.0162. The first-order valence-electron chi connectivity index (χ1n) is 12.0. The van der Waals surface area contributed by atoms with Crippen molar-refractivity contribution >= 4 is 27.8 Å². The first kappa shape index (κ1) is 21.1. The molecule has 1 saturated carbocycles. The van der Waals surface area contributed by atoms with E-state index in [1.165, 1.54) is 45.3 Å². The summed E-state index contributed by atoms with van der Waals surface area (Å²) in [6.45, 7) is 4.33. The fourth-order valence-corrected chi connectivity index (χ4v) is 6.27. The number of benzene rings is 4. The van der Waals surface area contributed by atoms with Crippen LogP contribution in [0, 0.1) is 13.8 Å². The summed E-state index contributed by atoms with van der Waals surface area (Å²) >= 11 is 1.75. The van der Waals surface area contributed by atoms with E-state index < -0.39 is 0 Å². The molecule has 1 aliphatic carbocycles. The molecule has 6 rings (SSSR count). The van der Waals surface area contributed by atoms with E-state index in [4.69, 9.17) is 4.99 Å². The van der Waals surface area contributed by atoms with E-state index in [0.29, 0.717) is 0 Å². The lowest BCUT2D eigenvalue weighted by Crippen LogP contribution is -2.38. The van der Waals surface area contributed by atoms with E-state index in [2.05, 4.69) is 115 Å². The number of rotatable bonds is 4. The molecular weight excluding hydrogens is 432 g/mol. The second kappa shape index (κ2) is 8.41.